The van der Waals surface area contributed by atoms with Crippen LogP contribution in [0.15, 0.2) is 0 Å². The lowest BCUT2D eigenvalue weighted by Gasteiger charge is -2.22. The van der Waals surface area contributed by atoms with Gasteiger partial charge in [-0.25, -0.2) is 4.79 Å². The molecule has 0 aromatic heterocycles. The maximum atomic E-state index is 11.7. The molecule has 0 amide bonds. The van der Waals surface area contributed by atoms with Crippen LogP contribution in [-0.2, 0) is 9.53 Å². The third kappa shape index (κ3) is 8.70. The maximum absolute atomic E-state index is 11.7. The van der Waals surface area contributed by atoms with Gasteiger partial charge < -0.3 is 22.5 Å². The SMILES string of the molecule is C[NH2+][C@@H](CC(C)C)C(=O)OC(C)(C)C.[Cl-]. The Balaban J connectivity index is 0. The van der Waals surface area contributed by atoms with Gasteiger partial charge in [-0.15, -0.1) is 0 Å². The number of quaternary nitrogens is 1. The molecule has 2 N–H and O–H groups in total. The van der Waals surface area contributed by atoms with Gasteiger partial charge >= 0.3 is 5.97 Å². The molecule has 3 nitrogen and oxygen atoms in total. The monoisotopic (exact) mass is 237 g/mol. The van der Waals surface area contributed by atoms with Crippen LogP contribution in [0.25, 0.3) is 0 Å². The van der Waals surface area contributed by atoms with Crippen LogP contribution in [-0.4, -0.2) is 24.7 Å². The summed E-state index contributed by atoms with van der Waals surface area (Å²) in [6.45, 7) is 9.91. The summed E-state index contributed by atoms with van der Waals surface area (Å²) in [5, 5.41) is 1.92. The number of hydrogen-bond donors (Lipinski definition) is 1. The fourth-order valence-corrected chi connectivity index (χ4v) is 1.25. The van der Waals surface area contributed by atoms with E-state index in [9.17, 15) is 4.79 Å². The molecule has 0 aliphatic rings. The quantitative estimate of drug-likeness (QED) is 0.572. The largest absolute Gasteiger partial charge is 1.00 e. The first kappa shape index (κ1) is 17.1. The third-order valence-corrected chi connectivity index (χ3v) is 1.84. The van der Waals surface area contributed by atoms with Crippen LogP contribution in [0.1, 0.15) is 41.0 Å². The number of rotatable bonds is 4. The average Bonchev–Trinajstić information content (AvgIpc) is 1.96. The van der Waals surface area contributed by atoms with Crippen molar-refractivity contribution in [3.63, 3.8) is 0 Å². The van der Waals surface area contributed by atoms with Crippen LogP contribution in [0.4, 0.5) is 0 Å². The molecule has 4 heteroatoms. The van der Waals surface area contributed by atoms with Crippen molar-refractivity contribution in [1.29, 1.82) is 0 Å². The van der Waals surface area contributed by atoms with E-state index in [2.05, 4.69) is 13.8 Å². The van der Waals surface area contributed by atoms with Gasteiger partial charge in [0.05, 0.1) is 7.05 Å². The van der Waals surface area contributed by atoms with E-state index in [1.165, 1.54) is 0 Å². The Kier molecular flexibility index (Phi) is 8.07. The summed E-state index contributed by atoms with van der Waals surface area (Å²) in [6.07, 6.45) is 0.866. The fraction of sp³-hybridized carbons (Fsp3) is 0.909. The summed E-state index contributed by atoms with van der Waals surface area (Å²) < 4.78 is 5.32. The van der Waals surface area contributed by atoms with Crippen molar-refractivity contribution in [1.82, 2.24) is 0 Å². The standard InChI is InChI=1S/C11H23NO2.ClH/c1-8(2)7-9(12-6)10(13)14-11(3,4)5;/h8-9,12H,7H2,1-6H3;1H/t9-;/m0./s1. The molecular formula is C11H24ClNO2. The molecule has 0 heterocycles. The first-order valence-electron chi connectivity index (χ1n) is 5.28. The predicted octanol–water partition coefficient (Wildman–Crippen LogP) is -2.06. The maximum Gasteiger partial charge on any atom is 0.365 e. The summed E-state index contributed by atoms with van der Waals surface area (Å²) in [5.41, 5.74) is -0.380. The van der Waals surface area contributed by atoms with E-state index >= 15 is 0 Å². The highest BCUT2D eigenvalue weighted by Gasteiger charge is 2.27. The molecule has 0 aromatic carbocycles. The lowest BCUT2D eigenvalue weighted by molar-refractivity contribution is -0.653. The van der Waals surface area contributed by atoms with Gasteiger partial charge in [-0.05, 0) is 26.7 Å². The summed E-state index contributed by atoms with van der Waals surface area (Å²) in [7, 11) is 1.91. The number of carbonyl (C=O) groups is 1. The van der Waals surface area contributed by atoms with E-state index in [-0.39, 0.29) is 30.0 Å². The minimum atomic E-state index is -0.380. The van der Waals surface area contributed by atoms with Crippen molar-refractivity contribution in [3.8, 4) is 0 Å². The highest BCUT2D eigenvalue weighted by Crippen LogP contribution is 2.10. The summed E-state index contributed by atoms with van der Waals surface area (Å²) >= 11 is 0. The van der Waals surface area contributed by atoms with Gasteiger partial charge in [0, 0.05) is 6.42 Å². The molecule has 15 heavy (non-hydrogen) atoms. The molecule has 0 aliphatic carbocycles. The van der Waals surface area contributed by atoms with Crippen molar-refractivity contribution in [3.05, 3.63) is 0 Å². The smallest absolute Gasteiger partial charge is 0.365 e. The van der Waals surface area contributed by atoms with Gasteiger partial charge in [-0.1, -0.05) is 13.8 Å². The van der Waals surface area contributed by atoms with Crippen molar-refractivity contribution < 1.29 is 27.3 Å². The van der Waals surface area contributed by atoms with Crippen LogP contribution in [0, 0.1) is 5.92 Å². The molecule has 0 unspecified atom stereocenters. The number of hydrogen-bond acceptors (Lipinski definition) is 2. The minimum absolute atomic E-state index is 0. The van der Waals surface area contributed by atoms with Crippen molar-refractivity contribution in [2.24, 2.45) is 5.92 Å². The molecule has 0 saturated heterocycles. The molecule has 0 spiro atoms. The van der Waals surface area contributed by atoms with E-state index in [0.717, 1.165) is 6.42 Å². The van der Waals surface area contributed by atoms with Crippen LogP contribution in [0.3, 0.4) is 0 Å². The van der Waals surface area contributed by atoms with E-state index in [0.29, 0.717) is 5.92 Å². The van der Waals surface area contributed by atoms with Crippen LogP contribution >= 0.6 is 0 Å². The summed E-state index contributed by atoms with van der Waals surface area (Å²) in [5.74, 6) is 0.414. The van der Waals surface area contributed by atoms with Gasteiger partial charge in [-0.2, -0.15) is 0 Å². The molecule has 0 fully saturated rings. The van der Waals surface area contributed by atoms with Gasteiger partial charge in [0.15, 0.2) is 6.04 Å². The molecule has 0 aliphatic heterocycles. The van der Waals surface area contributed by atoms with Gasteiger partial charge in [0.1, 0.15) is 5.60 Å². The normalized spacial score (nSPS) is 13.3. The minimum Gasteiger partial charge on any atom is -1.00 e. The number of halogens is 1. The molecule has 1 atom stereocenters. The molecule has 0 rings (SSSR count). The Morgan fingerprint density at radius 3 is 2.07 bits per heavy atom. The fourth-order valence-electron chi connectivity index (χ4n) is 1.25. The Bertz CT molecular complexity index is 188. The first-order chi connectivity index (χ1) is 6.26. The Hall–Kier alpha value is -0.280. The molecule has 0 radical (unpaired) electrons. The van der Waals surface area contributed by atoms with Crippen molar-refractivity contribution in [2.45, 2.75) is 52.7 Å². The van der Waals surface area contributed by atoms with Crippen molar-refractivity contribution >= 4 is 5.97 Å². The average molecular weight is 238 g/mol. The highest BCUT2D eigenvalue weighted by molar-refractivity contribution is 5.74. The molecule has 0 bridgehead atoms. The zero-order valence-electron chi connectivity index (χ0n) is 10.6. The molecule has 92 valence electrons. The topological polar surface area (TPSA) is 42.9 Å². The second-order valence-corrected chi connectivity index (χ2v) is 5.10. The van der Waals surface area contributed by atoms with E-state index in [1.54, 1.807) is 0 Å². The van der Waals surface area contributed by atoms with Gasteiger partial charge in [-0.3, -0.25) is 0 Å². The Morgan fingerprint density at radius 1 is 1.33 bits per heavy atom. The van der Waals surface area contributed by atoms with Gasteiger partial charge in [0.25, 0.3) is 0 Å². The lowest BCUT2D eigenvalue weighted by Crippen LogP contribution is -3.00. The van der Waals surface area contributed by atoms with Crippen LogP contribution in [0.5, 0.6) is 0 Å². The number of carbonyl (C=O) groups excluding carboxylic acids is 1. The zero-order chi connectivity index (χ0) is 11.4. The number of esters is 1. The Labute approximate surface area is 99.4 Å². The predicted molar refractivity (Wildman–Crippen MR) is 56.9 cm³/mol. The van der Waals surface area contributed by atoms with E-state index in [1.807, 2.05) is 33.1 Å². The Morgan fingerprint density at radius 2 is 1.80 bits per heavy atom. The van der Waals surface area contributed by atoms with Gasteiger partial charge in [0.2, 0.25) is 0 Å². The zero-order valence-corrected chi connectivity index (χ0v) is 11.4. The summed E-state index contributed by atoms with van der Waals surface area (Å²) in [4.78, 5) is 11.7. The van der Waals surface area contributed by atoms with E-state index < -0.39 is 0 Å². The van der Waals surface area contributed by atoms with E-state index in [4.69, 9.17) is 4.74 Å². The molecular weight excluding hydrogens is 214 g/mol. The number of ether oxygens (including phenoxy) is 1. The highest BCUT2D eigenvalue weighted by atomic mass is 35.5. The molecule has 0 saturated carbocycles. The lowest BCUT2D eigenvalue weighted by atomic mass is 10.0. The summed E-state index contributed by atoms with van der Waals surface area (Å²) in [6, 6.07) is -0.0609. The van der Waals surface area contributed by atoms with Crippen LogP contribution in [0.2, 0.25) is 0 Å². The van der Waals surface area contributed by atoms with Crippen molar-refractivity contribution in [2.75, 3.05) is 7.05 Å². The number of likely N-dealkylation sites (N-methyl/N-ethyl adjacent to an activating group) is 1. The van der Waals surface area contributed by atoms with Crippen LogP contribution < -0.4 is 17.7 Å². The molecule has 0 aromatic rings. The first-order valence-corrected chi connectivity index (χ1v) is 5.28. The second-order valence-electron chi connectivity index (χ2n) is 5.10. The number of nitrogens with two attached hydrogens (primary N) is 1. The second kappa shape index (κ2) is 7.07. The third-order valence-electron chi connectivity index (χ3n) is 1.84.